The normalized spacial score (nSPS) is 12.0. The highest BCUT2D eigenvalue weighted by Crippen LogP contribution is 2.28. The molecule has 0 saturated heterocycles. The van der Waals surface area contributed by atoms with Crippen LogP contribution in [-0.4, -0.2) is 39.1 Å². The molecule has 0 aliphatic rings. The van der Waals surface area contributed by atoms with Crippen LogP contribution in [0, 0.1) is 6.92 Å². The molecule has 0 saturated carbocycles. The summed E-state index contributed by atoms with van der Waals surface area (Å²) in [4.78, 5) is 25.3. The first-order valence-electron chi connectivity index (χ1n) is 9.10. The molecule has 0 unspecified atom stereocenters. The van der Waals surface area contributed by atoms with Gasteiger partial charge in [0.05, 0.1) is 23.2 Å². The van der Waals surface area contributed by atoms with E-state index in [-0.39, 0.29) is 23.7 Å². The van der Waals surface area contributed by atoms with Crippen molar-refractivity contribution in [3.8, 4) is 0 Å². The van der Waals surface area contributed by atoms with Gasteiger partial charge in [0.15, 0.2) is 0 Å². The summed E-state index contributed by atoms with van der Waals surface area (Å²) in [6.45, 7) is 7.02. The molecule has 2 aromatic rings. The molecule has 2 amide bonds. The average Bonchev–Trinajstić information content (AvgIpc) is 2.68. The highest BCUT2D eigenvalue weighted by atomic mass is 35.5. The van der Waals surface area contributed by atoms with E-state index in [1.165, 1.54) is 13.0 Å². The van der Waals surface area contributed by atoms with E-state index in [4.69, 9.17) is 11.6 Å². The monoisotopic (exact) mass is 449 g/mol. The smallest absolute Gasteiger partial charge is 0.253 e. The van der Waals surface area contributed by atoms with E-state index in [1.807, 2.05) is 0 Å². The summed E-state index contributed by atoms with van der Waals surface area (Å²) in [6, 6.07) is 10.2. The van der Waals surface area contributed by atoms with Gasteiger partial charge in [-0.3, -0.25) is 13.9 Å². The molecule has 0 radical (unpaired) electrons. The highest BCUT2D eigenvalue weighted by molar-refractivity contribution is 7.92. The maximum atomic E-state index is 13.0. The maximum absolute atomic E-state index is 13.0. The van der Waals surface area contributed by atoms with Crippen molar-refractivity contribution in [3.05, 3.63) is 71.3 Å². The fourth-order valence-corrected chi connectivity index (χ4v) is 4.28. The summed E-state index contributed by atoms with van der Waals surface area (Å²) in [6.07, 6.45) is 2.56. The summed E-state index contributed by atoms with van der Waals surface area (Å²) >= 11 is 6.05. The maximum Gasteiger partial charge on any atom is 0.253 e. The molecule has 2 N–H and O–H groups in total. The fraction of sp³-hybridized carbons (Fsp3) is 0.238. The lowest BCUT2D eigenvalue weighted by Crippen LogP contribution is -2.45. The van der Waals surface area contributed by atoms with Gasteiger partial charge < -0.3 is 10.6 Å². The van der Waals surface area contributed by atoms with Crippen molar-refractivity contribution in [1.29, 1.82) is 0 Å². The number of hydrogen-bond acceptors (Lipinski definition) is 4. The van der Waals surface area contributed by atoms with Gasteiger partial charge in [-0.25, -0.2) is 8.42 Å². The topological polar surface area (TPSA) is 95.6 Å². The quantitative estimate of drug-likeness (QED) is 0.604. The number of nitrogens with zero attached hydrogens (tertiary/aromatic N) is 1. The predicted octanol–water partition coefficient (Wildman–Crippen LogP) is 3.36. The molecule has 2 aromatic carbocycles. The number of aryl methyl sites for hydroxylation is 1. The highest BCUT2D eigenvalue weighted by Gasteiger charge is 2.31. The molecule has 30 heavy (non-hydrogen) atoms. The van der Waals surface area contributed by atoms with Crippen LogP contribution in [0.1, 0.15) is 22.8 Å². The van der Waals surface area contributed by atoms with Crippen LogP contribution < -0.4 is 14.9 Å². The molecular formula is C21H24ClN3O4S. The molecule has 0 aliphatic heterocycles. The molecule has 0 spiro atoms. The number of rotatable bonds is 8. The number of benzene rings is 2. The van der Waals surface area contributed by atoms with Crippen molar-refractivity contribution in [2.75, 3.05) is 22.4 Å². The molecule has 0 aliphatic carbocycles. The standard InChI is InChI=1S/C21H24ClN3O4S/c1-5-12-23-21(27)17-8-6-7-9-18(17)24-20(26)15(3)25(30(4,28)29)19-13-16(22)11-10-14(19)2/h5-11,13,15H,1,12H2,2-4H3,(H,23,27)(H,24,26)/t15-/m1/s1. The number of nitrogens with one attached hydrogen (secondary N) is 2. The Hall–Kier alpha value is -2.84. The molecule has 1 atom stereocenters. The van der Waals surface area contributed by atoms with E-state index in [0.717, 1.165) is 10.6 Å². The van der Waals surface area contributed by atoms with Crippen LogP contribution in [0.4, 0.5) is 11.4 Å². The Balaban J connectivity index is 2.37. The van der Waals surface area contributed by atoms with Crippen molar-refractivity contribution < 1.29 is 18.0 Å². The molecule has 9 heteroatoms. The molecule has 0 fully saturated rings. The van der Waals surface area contributed by atoms with Gasteiger partial charge in [-0.15, -0.1) is 6.58 Å². The lowest BCUT2D eigenvalue weighted by molar-refractivity contribution is -0.116. The van der Waals surface area contributed by atoms with Gasteiger partial charge in [-0.2, -0.15) is 0 Å². The fourth-order valence-electron chi connectivity index (χ4n) is 2.89. The molecule has 7 nitrogen and oxygen atoms in total. The molecule has 0 bridgehead atoms. The van der Waals surface area contributed by atoms with Crippen LogP contribution >= 0.6 is 11.6 Å². The molecule has 2 rings (SSSR count). The Morgan fingerprint density at radius 3 is 2.53 bits per heavy atom. The second-order valence-electron chi connectivity index (χ2n) is 6.70. The van der Waals surface area contributed by atoms with E-state index < -0.39 is 22.0 Å². The lowest BCUT2D eigenvalue weighted by Gasteiger charge is -2.29. The summed E-state index contributed by atoms with van der Waals surface area (Å²) in [5.74, 6) is -0.979. The van der Waals surface area contributed by atoms with E-state index >= 15 is 0 Å². The second-order valence-corrected chi connectivity index (χ2v) is 9.00. The first kappa shape index (κ1) is 23.4. The van der Waals surface area contributed by atoms with Crippen molar-refractivity contribution in [2.45, 2.75) is 19.9 Å². The minimum atomic E-state index is -3.81. The zero-order valence-corrected chi connectivity index (χ0v) is 18.5. The van der Waals surface area contributed by atoms with E-state index in [0.29, 0.717) is 16.3 Å². The van der Waals surface area contributed by atoms with Gasteiger partial charge in [-0.1, -0.05) is 35.9 Å². The van der Waals surface area contributed by atoms with Gasteiger partial charge >= 0.3 is 0 Å². The van der Waals surface area contributed by atoms with E-state index in [2.05, 4.69) is 17.2 Å². The number of sulfonamides is 1. The Labute approximate surface area is 181 Å². The average molecular weight is 450 g/mol. The lowest BCUT2D eigenvalue weighted by atomic mass is 10.1. The Kier molecular flexibility index (Phi) is 7.64. The third-order valence-corrected chi connectivity index (χ3v) is 5.80. The van der Waals surface area contributed by atoms with Crippen LogP contribution in [0.25, 0.3) is 0 Å². The third kappa shape index (κ3) is 5.61. The van der Waals surface area contributed by atoms with Gasteiger partial charge in [0.2, 0.25) is 15.9 Å². The zero-order valence-electron chi connectivity index (χ0n) is 17.0. The number of amides is 2. The van der Waals surface area contributed by atoms with Gasteiger partial charge in [-0.05, 0) is 43.7 Å². The molecular weight excluding hydrogens is 426 g/mol. The van der Waals surface area contributed by atoms with Crippen LogP contribution in [0.15, 0.2) is 55.1 Å². The van der Waals surface area contributed by atoms with Crippen molar-refractivity contribution in [2.24, 2.45) is 0 Å². The van der Waals surface area contributed by atoms with E-state index in [9.17, 15) is 18.0 Å². The van der Waals surface area contributed by atoms with Crippen LogP contribution in [0.5, 0.6) is 0 Å². The van der Waals surface area contributed by atoms with Crippen molar-refractivity contribution in [3.63, 3.8) is 0 Å². The second kappa shape index (κ2) is 9.77. The third-order valence-electron chi connectivity index (χ3n) is 4.33. The number of para-hydroxylation sites is 1. The van der Waals surface area contributed by atoms with E-state index in [1.54, 1.807) is 49.4 Å². The van der Waals surface area contributed by atoms with Gasteiger partial charge in [0, 0.05) is 11.6 Å². The van der Waals surface area contributed by atoms with Crippen molar-refractivity contribution in [1.82, 2.24) is 5.32 Å². The van der Waals surface area contributed by atoms with Gasteiger partial charge in [0.25, 0.3) is 5.91 Å². The Morgan fingerprint density at radius 1 is 1.23 bits per heavy atom. The Bertz CT molecular complexity index is 1070. The summed E-state index contributed by atoms with van der Waals surface area (Å²) in [5, 5.41) is 5.66. The largest absolute Gasteiger partial charge is 0.349 e. The summed E-state index contributed by atoms with van der Waals surface area (Å²) < 4.78 is 26.1. The van der Waals surface area contributed by atoms with Crippen LogP contribution in [0.2, 0.25) is 5.02 Å². The zero-order chi connectivity index (χ0) is 22.5. The van der Waals surface area contributed by atoms with Gasteiger partial charge in [0.1, 0.15) is 6.04 Å². The summed E-state index contributed by atoms with van der Waals surface area (Å²) in [5.41, 5.74) is 1.48. The first-order chi connectivity index (χ1) is 14.1. The van der Waals surface area contributed by atoms with Crippen molar-refractivity contribution >= 4 is 44.8 Å². The number of anilines is 2. The minimum Gasteiger partial charge on any atom is -0.349 e. The molecule has 160 valence electrons. The number of carbonyl (C=O) groups excluding carboxylic acids is 2. The number of halogens is 1. The number of carbonyl (C=O) groups is 2. The van der Waals surface area contributed by atoms with Crippen LogP contribution in [0.3, 0.4) is 0 Å². The summed E-state index contributed by atoms with van der Waals surface area (Å²) in [7, 11) is -3.81. The molecule has 0 aromatic heterocycles. The minimum absolute atomic E-state index is 0.254. The molecule has 0 heterocycles. The van der Waals surface area contributed by atoms with Crippen LogP contribution in [-0.2, 0) is 14.8 Å². The first-order valence-corrected chi connectivity index (χ1v) is 11.3. The number of hydrogen-bond donors (Lipinski definition) is 2. The predicted molar refractivity (Wildman–Crippen MR) is 121 cm³/mol. The SMILES string of the molecule is C=CCNC(=O)c1ccccc1NC(=O)[C@@H](C)N(c1cc(Cl)ccc1C)S(C)(=O)=O. The Morgan fingerprint density at radius 2 is 1.90 bits per heavy atom.